The molecule has 1 unspecified atom stereocenters. The molecule has 1 aromatic heterocycles. The predicted molar refractivity (Wildman–Crippen MR) is 90.2 cm³/mol. The van der Waals surface area contributed by atoms with Gasteiger partial charge < -0.3 is 10.6 Å². The van der Waals surface area contributed by atoms with Crippen LogP contribution in [-0.4, -0.2) is 47.0 Å². The first-order valence-electron chi connectivity index (χ1n) is 7.89. The quantitative estimate of drug-likeness (QED) is 0.817. The summed E-state index contributed by atoms with van der Waals surface area (Å²) in [5, 5.41) is 6.75. The number of carbonyl (C=O) groups is 1. The molecule has 1 atom stereocenters. The number of hydrogen-bond acceptors (Lipinski definition) is 4. The van der Waals surface area contributed by atoms with Crippen molar-refractivity contribution in [1.29, 1.82) is 0 Å². The molecule has 1 aliphatic heterocycles. The number of nitrogens with zero attached hydrogens (tertiary/aromatic N) is 2. The summed E-state index contributed by atoms with van der Waals surface area (Å²) in [4.78, 5) is 18.6. The van der Waals surface area contributed by atoms with Crippen LogP contribution in [0, 0.1) is 0 Å². The molecule has 2 heterocycles. The van der Waals surface area contributed by atoms with Crippen molar-refractivity contribution in [2.24, 2.45) is 0 Å². The van der Waals surface area contributed by atoms with Crippen LogP contribution >= 0.6 is 11.6 Å². The number of carbonyl (C=O) groups excluding carboxylic acids is 1. The van der Waals surface area contributed by atoms with E-state index >= 15 is 0 Å². The van der Waals surface area contributed by atoms with Crippen LogP contribution in [0.1, 0.15) is 33.6 Å². The molecule has 5 nitrogen and oxygen atoms in total. The molecule has 0 bridgehead atoms. The molecular formula is C16H25ClN4O. The normalized spacial score (nSPS) is 18.4. The molecule has 0 aliphatic carbocycles. The lowest BCUT2D eigenvalue weighted by Gasteiger charge is -2.36. The third-order valence-electron chi connectivity index (χ3n) is 4.04. The van der Waals surface area contributed by atoms with E-state index < -0.39 is 0 Å². The minimum Gasteiger partial charge on any atom is -0.322 e. The minimum atomic E-state index is -0.170. The first-order chi connectivity index (χ1) is 10.5. The van der Waals surface area contributed by atoms with Gasteiger partial charge in [-0.15, -0.1) is 0 Å². The highest BCUT2D eigenvalue weighted by molar-refractivity contribution is 6.32. The van der Waals surface area contributed by atoms with Gasteiger partial charge in [-0.3, -0.25) is 9.69 Å². The van der Waals surface area contributed by atoms with E-state index in [0.717, 1.165) is 25.9 Å². The summed E-state index contributed by atoms with van der Waals surface area (Å²) in [5.41, 5.74) is 0.567. The van der Waals surface area contributed by atoms with Gasteiger partial charge in [-0.25, -0.2) is 4.98 Å². The molecule has 22 heavy (non-hydrogen) atoms. The van der Waals surface area contributed by atoms with Crippen LogP contribution in [0.4, 0.5) is 5.69 Å². The Morgan fingerprint density at radius 1 is 1.36 bits per heavy atom. The van der Waals surface area contributed by atoms with Gasteiger partial charge in [0, 0.05) is 31.4 Å². The molecule has 0 aromatic carbocycles. The lowest BCUT2D eigenvalue weighted by atomic mass is 10.0. The number of hydrogen-bond donors (Lipinski definition) is 2. The molecule has 1 saturated heterocycles. The number of likely N-dealkylation sites (tertiary alicyclic amines) is 1. The number of anilines is 1. The lowest BCUT2D eigenvalue weighted by Crippen LogP contribution is -2.50. The molecule has 2 rings (SSSR count). The fourth-order valence-corrected chi connectivity index (χ4v) is 2.97. The molecule has 0 radical (unpaired) electrons. The van der Waals surface area contributed by atoms with Gasteiger partial charge in [0.15, 0.2) is 5.15 Å². The van der Waals surface area contributed by atoms with Crippen LogP contribution in [-0.2, 0) is 4.79 Å². The monoisotopic (exact) mass is 324 g/mol. The number of aromatic nitrogens is 1. The van der Waals surface area contributed by atoms with Crippen LogP contribution in [0.3, 0.4) is 0 Å². The molecule has 1 fully saturated rings. The molecule has 1 amide bonds. The Morgan fingerprint density at radius 3 is 2.64 bits per heavy atom. The standard InChI is InChI=1S/C16H25ClN4O/c1-11(2)19-13-6-9-21(10-7-13)12(3)16(22)20-14-5-4-8-18-15(14)17/h4-5,8,11-13,19H,6-7,9-10H2,1-3H3,(H,20,22). The fraction of sp³-hybridized carbons (Fsp3) is 0.625. The summed E-state index contributed by atoms with van der Waals surface area (Å²) in [6.07, 6.45) is 3.75. The third-order valence-corrected chi connectivity index (χ3v) is 4.34. The van der Waals surface area contributed by atoms with Crippen molar-refractivity contribution in [2.75, 3.05) is 18.4 Å². The predicted octanol–water partition coefficient (Wildman–Crippen LogP) is 2.52. The largest absolute Gasteiger partial charge is 0.322 e. The smallest absolute Gasteiger partial charge is 0.241 e. The van der Waals surface area contributed by atoms with E-state index in [4.69, 9.17) is 11.6 Å². The van der Waals surface area contributed by atoms with E-state index in [1.54, 1.807) is 18.3 Å². The molecule has 6 heteroatoms. The van der Waals surface area contributed by atoms with Gasteiger partial charge in [0.05, 0.1) is 11.7 Å². The van der Waals surface area contributed by atoms with E-state index in [-0.39, 0.29) is 11.9 Å². The molecule has 0 spiro atoms. The second-order valence-corrected chi connectivity index (χ2v) is 6.50. The van der Waals surface area contributed by atoms with Crippen molar-refractivity contribution < 1.29 is 4.79 Å². The number of pyridine rings is 1. The van der Waals surface area contributed by atoms with E-state index in [0.29, 0.717) is 22.9 Å². The van der Waals surface area contributed by atoms with Gasteiger partial charge in [0.2, 0.25) is 5.91 Å². The Balaban J connectivity index is 1.86. The Kier molecular flexibility index (Phi) is 6.17. The fourth-order valence-electron chi connectivity index (χ4n) is 2.81. The average Bonchev–Trinajstić information content (AvgIpc) is 2.49. The average molecular weight is 325 g/mol. The molecule has 1 aliphatic rings. The Morgan fingerprint density at radius 2 is 2.05 bits per heavy atom. The van der Waals surface area contributed by atoms with Gasteiger partial charge in [-0.05, 0) is 31.9 Å². The van der Waals surface area contributed by atoms with E-state index in [1.165, 1.54) is 0 Å². The van der Waals surface area contributed by atoms with Crippen molar-refractivity contribution in [1.82, 2.24) is 15.2 Å². The highest BCUT2D eigenvalue weighted by atomic mass is 35.5. The van der Waals surface area contributed by atoms with Crippen LogP contribution in [0.15, 0.2) is 18.3 Å². The lowest BCUT2D eigenvalue weighted by molar-refractivity contribution is -0.121. The highest BCUT2D eigenvalue weighted by Crippen LogP contribution is 2.19. The van der Waals surface area contributed by atoms with Gasteiger partial charge >= 0.3 is 0 Å². The van der Waals surface area contributed by atoms with Gasteiger partial charge in [-0.2, -0.15) is 0 Å². The maximum atomic E-state index is 12.4. The summed E-state index contributed by atoms with van der Waals surface area (Å²) in [6, 6.07) is 4.41. The van der Waals surface area contributed by atoms with Gasteiger partial charge in [0.1, 0.15) is 0 Å². The number of nitrogens with one attached hydrogen (secondary N) is 2. The van der Waals surface area contributed by atoms with Crippen LogP contribution < -0.4 is 10.6 Å². The Labute approximate surface area is 137 Å². The summed E-state index contributed by atoms with van der Waals surface area (Å²) < 4.78 is 0. The molecule has 122 valence electrons. The Hall–Kier alpha value is -1.17. The first-order valence-corrected chi connectivity index (χ1v) is 8.26. The molecule has 1 aromatic rings. The number of amides is 1. The topological polar surface area (TPSA) is 57.3 Å². The molecular weight excluding hydrogens is 300 g/mol. The zero-order valence-electron chi connectivity index (χ0n) is 13.5. The SMILES string of the molecule is CC(C)NC1CCN(C(C)C(=O)Nc2cccnc2Cl)CC1. The van der Waals surface area contributed by atoms with Crippen molar-refractivity contribution >= 4 is 23.2 Å². The van der Waals surface area contributed by atoms with Crippen LogP contribution in [0.5, 0.6) is 0 Å². The zero-order valence-corrected chi connectivity index (χ0v) is 14.2. The van der Waals surface area contributed by atoms with Crippen molar-refractivity contribution in [3.05, 3.63) is 23.5 Å². The maximum absolute atomic E-state index is 12.4. The number of piperidine rings is 1. The molecule has 0 saturated carbocycles. The number of halogens is 1. The summed E-state index contributed by atoms with van der Waals surface area (Å²) in [7, 11) is 0. The number of rotatable bonds is 5. The minimum absolute atomic E-state index is 0.0369. The highest BCUT2D eigenvalue weighted by Gasteiger charge is 2.27. The van der Waals surface area contributed by atoms with Crippen molar-refractivity contribution in [3.8, 4) is 0 Å². The van der Waals surface area contributed by atoms with E-state index in [9.17, 15) is 4.79 Å². The maximum Gasteiger partial charge on any atom is 0.241 e. The second kappa shape index (κ2) is 7.90. The molecule has 2 N–H and O–H groups in total. The van der Waals surface area contributed by atoms with Crippen molar-refractivity contribution in [3.63, 3.8) is 0 Å². The van der Waals surface area contributed by atoms with Crippen LogP contribution in [0.25, 0.3) is 0 Å². The van der Waals surface area contributed by atoms with E-state index in [1.807, 2.05) is 6.92 Å². The summed E-state index contributed by atoms with van der Waals surface area (Å²) in [6.45, 7) is 8.13. The van der Waals surface area contributed by atoms with E-state index in [2.05, 4.69) is 34.4 Å². The van der Waals surface area contributed by atoms with Gasteiger partial charge in [0.25, 0.3) is 0 Å². The Bertz CT molecular complexity index is 501. The zero-order chi connectivity index (χ0) is 16.1. The first kappa shape index (κ1) is 17.2. The summed E-state index contributed by atoms with van der Waals surface area (Å²) >= 11 is 5.98. The van der Waals surface area contributed by atoms with Crippen LogP contribution in [0.2, 0.25) is 5.15 Å². The third kappa shape index (κ3) is 4.66. The summed E-state index contributed by atoms with van der Waals surface area (Å²) in [5.74, 6) is -0.0369. The van der Waals surface area contributed by atoms with Gasteiger partial charge in [-0.1, -0.05) is 25.4 Å². The van der Waals surface area contributed by atoms with Crippen molar-refractivity contribution in [2.45, 2.75) is 51.7 Å². The second-order valence-electron chi connectivity index (χ2n) is 6.14.